The Hall–Kier alpha value is -1.79. The van der Waals surface area contributed by atoms with Gasteiger partial charge >= 0.3 is 6.36 Å². The molecule has 0 spiro atoms. The van der Waals surface area contributed by atoms with Crippen LogP contribution in [0, 0.1) is 12.7 Å². The molecule has 0 aliphatic carbocycles. The van der Waals surface area contributed by atoms with E-state index in [0.29, 0.717) is 16.7 Å². The highest BCUT2D eigenvalue weighted by molar-refractivity contribution is 5.85. The van der Waals surface area contributed by atoms with Gasteiger partial charge in [-0.3, -0.25) is 0 Å². The van der Waals surface area contributed by atoms with Crippen molar-refractivity contribution in [2.24, 2.45) is 5.73 Å². The Bertz CT molecular complexity index is 628. The van der Waals surface area contributed by atoms with Gasteiger partial charge in [-0.1, -0.05) is 24.3 Å². The zero-order valence-corrected chi connectivity index (χ0v) is 12.3. The fourth-order valence-corrected chi connectivity index (χ4v) is 1.93. The van der Waals surface area contributed by atoms with Crippen molar-refractivity contribution in [1.82, 2.24) is 0 Å². The van der Waals surface area contributed by atoms with E-state index in [1.807, 2.05) is 0 Å². The van der Waals surface area contributed by atoms with E-state index in [1.165, 1.54) is 30.3 Å². The maximum absolute atomic E-state index is 13.2. The molecule has 2 rings (SSSR count). The van der Waals surface area contributed by atoms with E-state index in [-0.39, 0.29) is 24.0 Å². The van der Waals surface area contributed by atoms with Crippen LogP contribution in [0.15, 0.2) is 42.5 Å². The second-order valence-electron chi connectivity index (χ2n) is 4.60. The lowest BCUT2D eigenvalue weighted by molar-refractivity contribution is -0.274. The highest BCUT2D eigenvalue weighted by Gasteiger charge is 2.31. The summed E-state index contributed by atoms with van der Waals surface area (Å²) in [6, 6.07) is 9.20. The standard InChI is InChI=1S/C15H13F4NO.ClH/c1-9-8-11(4-7-13(9)16)14(20)10-2-5-12(6-3-10)21-15(17,18)19;/h2-8,14H,20H2,1H3;1H/t14-;/m1./s1. The number of benzene rings is 2. The summed E-state index contributed by atoms with van der Waals surface area (Å²) in [5.41, 5.74) is 7.77. The summed E-state index contributed by atoms with van der Waals surface area (Å²) in [6.07, 6.45) is -4.72. The molecule has 2 aromatic carbocycles. The highest BCUT2D eigenvalue weighted by Crippen LogP contribution is 2.26. The van der Waals surface area contributed by atoms with E-state index in [1.54, 1.807) is 19.1 Å². The lowest BCUT2D eigenvalue weighted by atomic mass is 9.98. The number of hydrogen-bond acceptors (Lipinski definition) is 2. The van der Waals surface area contributed by atoms with E-state index < -0.39 is 12.4 Å². The van der Waals surface area contributed by atoms with Crippen LogP contribution in [0.1, 0.15) is 22.7 Å². The third kappa shape index (κ3) is 4.61. The van der Waals surface area contributed by atoms with Crippen LogP contribution in [0.3, 0.4) is 0 Å². The van der Waals surface area contributed by atoms with Gasteiger partial charge in [-0.05, 0) is 41.8 Å². The van der Waals surface area contributed by atoms with Gasteiger partial charge in [0, 0.05) is 0 Å². The molecule has 0 saturated heterocycles. The van der Waals surface area contributed by atoms with Crippen molar-refractivity contribution in [2.45, 2.75) is 19.3 Å². The van der Waals surface area contributed by atoms with Crippen LogP contribution in [0.2, 0.25) is 0 Å². The Morgan fingerprint density at radius 1 is 1.00 bits per heavy atom. The maximum atomic E-state index is 13.2. The van der Waals surface area contributed by atoms with Crippen LogP contribution in [0.4, 0.5) is 17.6 Å². The van der Waals surface area contributed by atoms with Crippen LogP contribution in [-0.2, 0) is 0 Å². The van der Waals surface area contributed by atoms with Crippen molar-refractivity contribution in [2.75, 3.05) is 0 Å². The number of nitrogens with two attached hydrogens (primary N) is 1. The molecule has 0 radical (unpaired) electrons. The first-order chi connectivity index (χ1) is 9.76. The Morgan fingerprint density at radius 2 is 1.55 bits per heavy atom. The quantitative estimate of drug-likeness (QED) is 0.838. The molecule has 22 heavy (non-hydrogen) atoms. The molecule has 2 aromatic rings. The minimum Gasteiger partial charge on any atom is -0.406 e. The van der Waals surface area contributed by atoms with E-state index in [0.717, 1.165) is 0 Å². The van der Waals surface area contributed by atoms with Crippen molar-refractivity contribution in [3.05, 3.63) is 65.0 Å². The summed E-state index contributed by atoms with van der Waals surface area (Å²) in [5.74, 6) is -0.645. The summed E-state index contributed by atoms with van der Waals surface area (Å²) in [7, 11) is 0. The summed E-state index contributed by atoms with van der Waals surface area (Å²) >= 11 is 0. The third-order valence-corrected chi connectivity index (χ3v) is 3.01. The predicted octanol–water partition coefficient (Wildman–Crippen LogP) is 4.50. The summed E-state index contributed by atoms with van der Waals surface area (Å²) in [4.78, 5) is 0. The average Bonchev–Trinajstić information content (AvgIpc) is 2.40. The van der Waals surface area contributed by atoms with Gasteiger partial charge < -0.3 is 10.5 Å². The average molecular weight is 336 g/mol. The van der Waals surface area contributed by atoms with Crippen molar-refractivity contribution < 1.29 is 22.3 Å². The smallest absolute Gasteiger partial charge is 0.406 e. The molecule has 0 amide bonds. The molecule has 0 unspecified atom stereocenters. The van der Waals surface area contributed by atoms with Crippen LogP contribution in [0.25, 0.3) is 0 Å². The summed E-state index contributed by atoms with van der Waals surface area (Å²) in [5, 5.41) is 0. The lowest BCUT2D eigenvalue weighted by Gasteiger charge is -2.15. The normalized spacial score (nSPS) is 12.5. The number of alkyl halides is 3. The second kappa shape index (κ2) is 6.98. The van der Waals surface area contributed by atoms with E-state index in [4.69, 9.17) is 5.73 Å². The van der Waals surface area contributed by atoms with Gasteiger partial charge in [-0.15, -0.1) is 25.6 Å². The largest absolute Gasteiger partial charge is 0.573 e. The van der Waals surface area contributed by atoms with Gasteiger partial charge in [-0.25, -0.2) is 4.39 Å². The van der Waals surface area contributed by atoms with Crippen LogP contribution in [-0.4, -0.2) is 6.36 Å². The minimum atomic E-state index is -4.72. The first-order valence-electron chi connectivity index (χ1n) is 6.13. The molecule has 2 nitrogen and oxygen atoms in total. The molecule has 2 N–H and O–H groups in total. The van der Waals surface area contributed by atoms with Crippen molar-refractivity contribution in [3.8, 4) is 5.75 Å². The molecule has 0 saturated carbocycles. The molecule has 120 valence electrons. The SMILES string of the molecule is Cc1cc([C@H](N)c2ccc(OC(F)(F)F)cc2)ccc1F.Cl. The number of rotatable bonds is 3. The molecular formula is C15H14ClF4NO. The van der Waals surface area contributed by atoms with Gasteiger partial charge in [0.05, 0.1) is 6.04 Å². The molecule has 7 heteroatoms. The van der Waals surface area contributed by atoms with E-state index in [2.05, 4.69) is 4.74 Å². The van der Waals surface area contributed by atoms with Crippen molar-refractivity contribution in [1.29, 1.82) is 0 Å². The topological polar surface area (TPSA) is 35.2 Å². The van der Waals surface area contributed by atoms with Gasteiger partial charge in [-0.2, -0.15) is 0 Å². The van der Waals surface area contributed by atoms with Crippen LogP contribution >= 0.6 is 12.4 Å². The molecule has 0 aliphatic heterocycles. The maximum Gasteiger partial charge on any atom is 0.573 e. The number of halogens is 5. The first-order valence-corrected chi connectivity index (χ1v) is 6.13. The molecule has 0 bridgehead atoms. The minimum absolute atomic E-state index is 0. The van der Waals surface area contributed by atoms with Gasteiger partial charge in [0.1, 0.15) is 11.6 Å². The highest BCUT2D eigenvalue weighted by atomic mass is 35.5. The molecule has 0 aliphatic rings. The fourth-order valence-electron chi connectivity index (χ4n) is 1.93. The Morgan fingerprint density at radius 3 is 2.05 bits per heavy atom. The third-order valence-electron chi connectivity index (χ3n) is 3.01. The molecule has 1 atom stereocenters. The van der Waals surface area contributed by atoms with Gasteiger partial charge in [0.25, 0.3) is 0 Å². The zero-order chi connectivity index (χ0) is 15.6. The van der Waals surface area contributed by atoms with Gasteiger partial charge in [0.2, 0.25) is 0 Å². The van der Waals surface area contributed by atoms with Crippen molar-refractivity contribution >= 4 is 12.4 Å². The van der Waals surface area contributed by atoms with Gasteiger partial charge in [0.15, 0.2) is 0 Å². The second-order valence-corrected chi connectivity index (χ2v) is 4.60. The first kappa shape index (κ1) is 18.3. The van der Waals surface area contributed by atoms with E-state index >= 15 is 0 Å². The molecular weight excluding hydrogens is 322 g/mol. The molecule has 0 heterocycles. The van der Waals surface area contributed by atoms with E-state index in [9.17, 15) is 17.6 Å². The van der Waals surface area contributed by atoms with Crippen LogP contribution in [0.5, 0.6) is 5.75 Å². The van der Waals surface area contributed by atoms with Crippen LogP contribution < -0.4 is 10.5 Å². The molecule has 0 fully saturated rings. The Balaban J connectivity index is 0.00000242. The lowest BCUT2D eigenvalue weighted by Crippen LogP contribution is -2.17. The molecule has 0 aromatic heterocycles. The monoisotopic (exact) mass is 335 g/mol. The number of ether oxygens (including phenoxy) is 1. The summed E-state index contributed by atoms with van der Waals surface area (Å²) < 4.78 is 53.2. The zero-order valence-electron chi connectivity index (χ0n) is 11.5. The Kier molecular flexibility index (Phi) is 5.79. The summed E-state index contributed by atoms with van der Waals surface area (Å²) in [6.45, 7) is 1.62. The fraction of sp³-hybridized carbons (Fsp3) is 0.200. The number of aryl methyl sites for hydroxylation is 1. The number of hydrogen-bond donors (Lipinski definition) is 1. The van der Waals surface area contributed by atoms with Crippen molar-refractivity contribution in [3.63, 3.8) is 0 Å². The predicted molar refractivity (Wildman–Crippen MR) is 77.5 cm³/mol. The Labute approximate surface area is 131 Å².